The summed E-state index contributed by atoms with van der Waals surface area (Å²) in [7, 11) is 4.67. The van der Waals surface area contributed by atoms with Crippen LogP contribution < -0.4 is 19.5 Å². The molecule has 114 valence electrons. The standard InChI is InChI=1S/C14H19N3O4/c1-5-6-15-14-17-16-13(21-14)9-7-10(18-2)12(20-4)11(8-9)19-3/h7-8H,5-6H2,1-4H3,(H,15,17). The van der Waals surface area contributed by atoms with Gasteiger partial charge in [-0.3, -0.25) is 0 Å². The minimum atomic E-state index is 0.382. The molecule has 7 nitrogen and oxygen atoms in total. The number of ether oxygens (including phenoxy) is 3. The van der Waals surface area contributed by atoms with Crippen LogP contribution in [0.1, 0.15) is 13.3 Å². The molecule has 2 rings (SSSR count). The van der Waals surface area contributed by atoms with Gasteiger partial charge in [0.25, 0.3) is 0 Å². The second kappa shape index (κ2) is 6.83. The lowest BCUT2D eigenvalue weighted by atomic mass is 10.2. The molecule has 0 aliphatic rings. The fraction of sp³-hybridized carbons (Fsp3) is 0.429. The van der Waals surface area contributed by atoms with Crippen molar-refractivity contribution in [3.63, 3.8) is 0 Å². The Kier molecular flexibility index (Phi) is 4.86. The van der Waals surface area contributed by atoms with Gasteiger partial charge in [-0.1, -0.05) is 12.0 Å². The first-order valence-electron chi connectivity index (χ1n) is 6.61. The van der Waals surface area contributed by atoms with Gasteiger partial charge in [-0.05, 0) is 18.6 Å². The van der Waals surface area contributed by atoms with Crippen LogP contribution in [0.4, 0.5) is 6.01 Å². The monoisotopic (exact) mass is 293 g/mol. The van der Waals surface area contributed by atoms with Gasteiger partial charge in [0.05, 0.1) is 21.3 Å². The summed E-state index contributed by atoms with van der Waals surface area (Å²) >= 11 is 0. The van der Waals surface area contributed by atoms with Gasteiger partial charge < -0.3 is 23.9 Å². The Labute approximate surface area is 123 Å². The van der Waals surface area contributed by atoms with Crippen molar-refractivity contribution < 1.29 is 18.6 Å². The molecule has 2 aromatic rings. The lowest BCUT2D eigenvalue weighted by Gasteiger charge is -2.12. The van der Waals surface area contributed by atoms with Crippen molar-refractivity contribution in [1.29, 1.82) is 0 Å². The van der Waals surface area contributed by atoms with E-state index in [0.29, 0.717) is 34.7 Å². The van der Waals surface area contributed by atoms with Gasteiger partial charge in [0.2, 0.25) is 11.6 Å². The third-order valence-electron chi connectivity index (χ3n) is 2.86. The van der Waals surface area contributed by atoms with E-state index in [0.717, 1.165) is 13.0 Å². The Bertz CT molecular complexity index is 573. The molecule has 0 saturated carbocycles. The molecule has 1 aromatic heterocycles. The van der Waals surface area contributed by atoms with Gasteiger partial charge in [0.1, 0.15) is 0 Å². The van der Waals surface area contributed by atoms with Gasteiger partial charge in [-0.2, -0.15) is 0 Å². The van der Waals surface area contributed by atoms with Crippen LogP contribution in [0.25, 0.3) is 11.5 Å². The maximum atomic E-state index is 5.56. The summed E-state index contributed by atoms with van der Waals surface area (Å²) in [6.45, 7) is 2.83. The topological polar surface area (TPSA) is 78.6 Å². The molecule has 0 atom stereocenters. The number of benzene rings is 1. The summed E-state index contributed by atoms with van der Waals surface area (Å²) in [5.41, 5.74) is 0.696. The molecule has 0 unspecified atom stereocenters. The van der Waals surface area contributed by atoms with Crippen molar-refractivity contribution >= 4 is 6.01 Å². The Hall–Kier alpha value is -2.44. The number of methoxy groups -OCH3 is 3. The molecule has 7 heteroatoms. The molecular weight excluding hydrogens is 274 g/mol. The van der Waals surface area contributed by atoms with Crippen molar-refractivity contribution in [3.8, 4) is 28.7 Å². The average Bonchev–Trinajstić information content (AvgIpc) is 3.00. The van der Waals surface area contributed by atoms with Crippen molar-refractivity contribution in [3.05, 3.63) is 12.1 Å². The van der Waals surface area contributed by atoms with Crippen LogP contribution in [-0.4, -0.2) is 38.1 Å². The van der Waals surface area contributed by atoms with Crippen molar-refractivity contribution in [2.45, 2.75) is 13.3 Å². The van der Waals surface area contributed by atoms with Crippen LogP contribution in [0.2, 0.25) is 0 Å². The summed E-state index contributed by atoms with van der Waals surface area (Å²) in [5, 5.41) is 11.0. The molecule has 0 fully saturated rings. The van der Waals surface area contributed by atoms with Crippen LogP contribution >= 0.6 is 0 Å². The molecule has 21 heavy (non-hydrogen) atoms. The molecule has 1 N–H and O–H groups in total. The zero-order chi connectivity index (χ0) is 15.2. The first-order valence-corrected chi connectivity index (χ1v) is 6.61. The van der Waals surface area contributed by atoms with Gasteiger partial charge >= 0.3 is 6.01 Å². The van der Waals surface area contributed by atoms with E-state index in [9.17, 15) is 0 Å². The lowest BCUT2D eigenvalue weighted by Crippen LogP contribution is -1.99. The van der Waals surface area contributed by atoms with Crippen molar-refractivity contribution in [1.82, 2.24) is 10.2 Å². The highest BCUT2D eigenvalue weighted by Crippen LogP contribution is 2.40. The van der Waals surface area contributed by atoms with E-state index in [4.69, 9.17) is 18.6 Å². The summed E-state index contributed by atoms with van der Waals surface area (Å²) in [6.07, 6.45) is 0.974. The third-order valence-corrected chi connectivity index (χ3v) is 2.86. The molecule has 0 amide bonds. The number of aromatic nitrogens is 2. The van der Waals surface area contributed by atoms with Crippen molar-refractivity contribution in [2.75, 3.05) is 33.2 Å². The van der Waals surface area contributed by atoms with Gasteiger partial charge in [0, 0.05) is 12.1 Å². The van der Waals surface area contributed by atoms with E-state index in [1.54, 1.807) is 33.5 Å². The van der Waals surface area contributed by atoms with E-state index in [2.05, 4.69) is 22.4 Å². The molecule has 0 aliphatic heterocycles. The summed E-state index contributed by atoms with van der Waals surface area (Å²) in [6, 6.07) is 3.91. The molecule has 0 saturated heterocycles. The minimum Gasteiger partial charge on any atom is -0.493 e. The average molecular weight is 293 g/mol. The number of nitrogens with one attached hydrogen (secondary N) is 1. The first-order chi connectivity index (χ1) is 10.2. The molecule has 1 heterocycles. The molecule has 0 bridgehead atoms. The third kappa shape index (κ3) is 3.18. The van der Waals surface area contributed by atoms with Crippen molar-refractivity contribution in [2.24, 2.45) is 0 Å². The first kappa shape index (κ1) is 15.0. The molecular formula is C14H19N3O4. The van der Waals surface area contributed by atoms with Crippen LogP contribution in [0.5, 0.6) is 17.2 Å². The maximum Gasteiger partial charge on any atom is 0.315 e. The normalized spacial score (nSPS) is 10.3. The predicted molar refractivity (Wildman–Crippen MR) is 78.2 cm³/mol. The van der Waals surface area contributed by atoms with Crippen LogP contribution in [0.15, 0.2) is 16.5 Å². The van der Waals surface area contributed by atoms with E-state index >= 15 is 0 Å². The van der Waals surface area contributed by atoms with Gasteiger partial charge in [-0.15, -0.1) is 5.10 Å². The molecule has 0 radical (unpaired) electrons. The Morgan fingerprint density at radius 1 is 1.05 bits per heavy atom. The largest absolute Gasteiger partial charge is 0.493 e. The zero-order valence-electron chi connectivity index (χ0n) is 12.6. The second-order valence-electron chi connectivity index (χ2n) is 4.25. The highest BCUT2D eigenvalue weighted by Gasteiger charge is 2.17. The predicted octanol–water partition coefficient (Wildman–Crippen LogP) is 2.58. The van der Waals surface area contributed by atoms with E-state index < -0.39 is 0 Å². The zero-order valence-corrected chi connectivity index (χ0v) is 12.6. The van der Waals surface area contributed by atoms with E-state index in [1.807, 2.05) is 0 Å². The van der Waals surface area contributed by atoms with Crippen LogP contribution in [-0.2, 0) is 0 Å². The fourth-order valence-electron chi connectivity index (χ4n) is 1.85. The molecule has 0 spiro atoms. The van der Waals surface area contributed by atoms with Gasteiger partial charge in [-0.25, -0.2) is 0 Å². The van der Waals surface area contributed by atoms with Crippen LogP contribution in [0.3, 0.4) is 0 Å². The second-order valence-corrected chi connectivity index (χ2v) is 4.25. The number of hydrogen-bond acceptors (Lipinski definition) is 7. The molecule has 1 aromatic carbocycles. The summed E-state index contributed by atoms with van der Waals surface area (Å²) in [4.78, 5) is 0. The summed E-state index contributed by atoms with van der Waals surface area (Å²) in [5.74, 6) is 1.97. The Morgan fingerprint density at radius 2 is 1.71 bits per heavy atom. The number of nitrogens with zero attached hydrogens (tertiary/aromatic N) is 2. The van der Waals surface area contributed by atoms with E-state index in [-0.39, 0.29) is 0 Å². The maximum absolute atomic E-state index is 5.56. The van der Waals surface area contributed by atoms with Crippen LogP contribution in [0, 0.1) is 0 Å². The number of anilines is 1. The Balaban J connectivity index is 2.37. The minimum absolute atomic E-state index is 0.382. The lowest BCUT2D eigenvalue weighted by molar-refractivity contribution is 0.324. The number of rotatable bonds is 7. The SMILES string of the molecule is CCCNc1nnc(-c2cc(OC)c(OC)c(OC)c2)o1. The summed E-state index contributed by atoms with van der Waals surface area (Å²) < 4.78 is 21.4. The smallest absolute Gasteiger partial charge is 0.315 e. The highest BCUT2D eigenvalue weighted by molar-refractivity contribution is 5.65. The van der Waals surface area contributed by atoms with Gasteiger partial charge in [0.15, 0.2) is 11.5 Å². The Morgan fingerprint density at radius 3 is 2.24 bits per heavy atom. The fourth-order valence-corrected chi connectivity index (χ4v) is 1.85. The highest BCUT2D eigenvalue weighted by atomic mass is 16.5. The van der Waals surface area contributed by atoms with E-state index in [1.165, 1.54) is 0 Å². The number of hydrogen-bond donors (Lipinski definition) is 1. The quantitative estimate of drug-likeness (QED) is 0.840. The molecule has 0 aliphatic carbocycles.